The van der Waals surface area contributed by atoms with Crippen LogP contribution >= 0.6 is 0 Å². The first-order chi connectivity index (χ1) is 7.06. The molecule has 1 rings (SSSR count). The van der Waals surface area contributed by atoms with Crippen LogP contribution in [-0.4, -0.2) is 18.9 Å². The van der Waals surface area contributed by atoms with Crippen LogP contribution < -0.4 is 0 Å². The second-order valence-corrected chi connectivity index (χ2v) is 3.12. The number of hydrogen-bond donors (Lipinski definition) is 0. The van der Waals surface area contributed by atoms with Gasteiger partial charge in [-0.05, 0) is 24.6 Å². The Morgan fingerprint density at radius 3 is 2.20 bits per heavy atom. The van der Waals surface area contributed by atoms with Crippen LogP contribution in [0.15, 0.2) is 24.3 Å². The number of halogens is 1. The molecular weight excluding hydrogens is 199 g/mol. The zero-order valence-corrected chi connectivity index (χ0v) is 8.49. The van der Waals surface area contributed by atoms with Gasteiger partial charge in [-0.2, -0.15) is 0 Å². The summed E-state index contributed by atoms with van der Waals surface area (Å²) >= 11 is 0. The fraction of sp³-hybridized carbons (Fsp3) is 0.273. The summed E-state index contributed by atoms with van der Waals surface area (Å²) < 4.78 is 17.1. The molecule has 0 heterocycles. The van der Waals surface area contributed by atoms with Gasteiger partial charge in [0, 0.05) is 0 Å². The topological polar surface area (TPSA) is 43.4 Å². The van der Waals surface area contributed by atoms with Crippen LogP contribution in [0.4, 0.5) is 4.39 Å². The first kappa shape index (κ1) is 11.4. The van der Waals surface area contributed by atoms with E-state index >= 15 is 0 Å². The molecule has 4 heteroatoms. The van der Waals surface area contributed by atoms with Gasteiger partial charge in [-0.1, -0.05) is 12.1 Å². The predicted molar refractivity (Wildman–Crippen MR) is 51.8 cm³/mol. The molecule has 1 aromatic carbocycles. The number of Topliss-reactive ketones (excluding diaryl/α,β-unsaturated/α-hetero) is 1. The molecule has 0 aromatic heterocycles. The van der Waals surface area contributed by atoms with Crippen molar-refractivity contribution < 1.29 is 18.7 Å². The molecule has 0 spiro atoms. The average Bonchev–Trinajstić information content (AvgIpc) is 2.20. The Morgan fingerprint density at radius 1 is 1.27 bits per heavy atom. The smallest absolute Gasteiger partial charge is 0.320 e. The standard InChI is InChI=1S/C11H11FO3/c1-7(13)10(11(14)15-2)8-3-5-9(12)6-4-8/h3-6,10H,1-2H3. The van der Waals surface area contributed by atoms with Crippen molar-refractivity contribution in [2.45, 2.75) is 12.8 Å². The lowest BCUT2D eigenvalue weighted by Crippen LogP contribution is -2.21. The third kappa shape index (κ3) is 2.62. The minimum atomic E-state index is -0.962. The average molecular weight is 210 g/mol. The number of methoxy groups -OCH3 is 1. The SMILES string of the molecule is COC(=O)C(C(C)=O)c1ccc(F)cc1. The van der Waals surface area contributed by atoms with Crippen LogP contribution in [0.5, 0.6) is 0 Å². The number of carbonyl (C=O) groups excluding carboxylic acids is 2. The van der Waals surface area contributed by atoms with Gasteiger partial charge in [0.15, 0.2) is 0 Å². The fourth-order valence-corrected chi connectivity index (χ4v) is 1.31. The van der Waals surface area contributed by atoms with Gasteiger partial charge in [-0.3, -0.25) is 9.59 Å². The number of ether oxygens (including phenoxy) is 1. The lowest BCUT2D eigenvalue weighted by Gasteiger charge is -2.11. The minimum Gasteiger partial charge on any atom is -0.468 e. The van der Waals surface area contributed by atoms with Crippen molar-refractivity contribution in [3.63, 3.8) is 0 Å². The molecule has 0 N–H and O–H groups in total. The molecule has 0 saturated carbocycles. The number of carbonyl (C=O) groups is 2. The van der Waals surface area contributed by atoms with E-state index in [0.29, 0.717) is 5.56 Å². The van der Waals surface area contributed by atoms with Crippen molar-refractivity contribution in [1.82, 2.24) is 0 Å². The van der Waals surface area contributed by atoms with Crippen LogP contribution in [0.1, 0.15) is 18.4 Å². The summed E-state index contributed by atoms with van der Waals surface area (Å²) in [6.45, 7) is 1.30. The molecular formula is C11H11FO3. The number of hydrogen-bond acceptors (Lipinski definition) is 3. The number of benzene rings is 1. The summed E-state index contributed by atoms with van der Waals surface area (Å²) in [7, 11) is 1.21. The van der Waals surface area contributed by atoms with E-state index in [0.717, 1.165) is 0 Å². The second-order valence-electron chi connectivity index (χ2n) is 3.12. The summed E-state index contributed by atoms with van der Waals surface area (Å²) in [5.74, 6) is -2.33. The molecule has 1 aromatic rings. The van der Waals surface area contributed by atoms with Gasteiger partial charge in [-0.25, -0.2) is 4.39 Å². The van der Waals surface area contributed by atoms with Gasteiger partial charge in [-0.15, -0.1) is 0 Å². The van der Waals surface area contributed by atoms with E-state index < -0.39 is 17.7 Å². The lowest BCUT2D eigenvalue weighted by atomic mass is 9.96. The summed E-state index contributed by atoms with van der Waals surface area (Å²) in [5.41, 5.74) is 0.441. The van der Waals surface area contributed by atoms with E-state index in [-0.39, 0.29) is 5.78 Å². The molecule has 0 fully saturated rings. The maximum absolute atomic E-state index is 12.6. The van der Waals surface area contributed by atoms with Gasteiger partial charge in [0.2, 0.25) is 0 Å². The summed E-state index contributed by atoms with van der Waals surface area (Å²) in [5, 5.41) is 0. The van der Waals surface area contributed by atoms with Gasteiger partial charge in [0.1, 0.15) is 17.5 Å². The highest BCUT2D eigenvalue weighted by molar-refractivity contribution is 6.03. The third-order valence-electron chi connectivity index (χ3n) is 2.05. The van der Waals surface area contributed by atoms with Crippen molar-refractivity contribution in [3.8, 4) is 0 Å². The van der Waals surface area contributed by atoms with E-state index in [1.165, 1.54) is 38.3 Å². The van der Waals surface area contributed by atoms with Crippen LogP contribution in [0.3, 0.4) is 0 Å². The molecule has 0 bridgehead atoms. The maximum atomic E-state index is 12.6. The number of ketones is 1. The largest absolute Gasteiger partial charge is 0.468 e. The summed E-state index contributed by atoms with van der Waals surface area (Å²) in [4.78, 5) is 22.5. The van der Waals surface area contributed by atoms with Gasteiger partial charge >= 0.3 is 5.97 Å². The van der Waals surface area contributed by atoms with Crippen molar-refractivity contribution in [2.75, 3.05) is 7.11 Å². The monoisotopic (exact) mass is 210 g/mol. The van der Waals surface area contributed by atoms with Crippen LogP contribution in [0.2, 0.25) is 0 Å². The zero-order chi connectivity index (χ0) is 11.4. The molecule has 0 aliphatic rings. The van der Waals surface area contributed by atoms with Gasteiger partial charge in [0.25, 0.3) is 0 Å². The Morgan fingerprint density at radius 2 is 1.80 bits per heavy atom. The molecule has 15 heavy (non-hydrogen) atoms. The van der Waals surface area contributed by atoms with E-state index in [1.54, 1.807) is 0 Å². The van der Waals surface area contributed by atoms with E-state index in [1.807, 2.05) is 0 Å². The lowest BCUT2D eigenvalue weighted by molar-refractivity contribution is -0.145. The number of rotatable bonds is 3. The molecule has 0 aliphatic heterocycles. The third-order valence-corrected chi connectivity index (χ3v) is 2.05. The molecule has 0 amide bonds. The highest BCUT2D eigenvalue weighted by atomic mass is 19.1. The zero-order valence-electron chi connectivity index (χ0n) is 8.49. The Kier molecular flexibility index (Phi) is 3.55. The molecule has 0 saturated heterocycles. The summed E-state index contributed by atoms with van der Waals surface area (Å²) in [6, 6.07) is 5.21. The van der Waals surface area contributed by atoms with E-state index in [2.05, 4.69) is 4.74 Å². The molecule has 80 valence electrons. The number of esters is 1. The van der Waals surface area contributed by atoms with Crippen LogP contribution in [0, 0.1) is 5.82 Å². The van der Waals surface area contributed by atoms with Crippen molar-refractivity contribution >= 4 is 11.8 Å². The fourth-order valence-electron chi connectivity index (χ4n) is 1.31. The summed E-state index contributed by atoms with van der Waals surface area (Å²) in [6.07, 6.45) is 0. The normalized spacial score (nSPS) is 11.9. The molecule has 1 unspecified atom stereocenters. The van der Waals surface area contributed by atoms with Crippen LogP contribution in [0.25, 0.3) is 0 Å². The Bertz CT molecular complexity index is 370. The predicted octanol–water partition coefficient (Wildman–Crippen LogP) is 1.67. The molecule has 0 aliphatic carbocycles. The van der Waals surface area contributed by atoms with Crippen molar-refractivity contribution in [3.05, 3.63) is 35.6 Å². The highest BCUT2D eigenvalue weighted by Gasteiger charge is 2.25. The Labute approximate surface area is 86.9 Å². The highest BCUT2D eigenvalue weighted by Crippen LogP contribution is 2.18. The van der Waals surface area contributed by atoms with Gasteiger partial charge < -0.3 is 4.74 Å². The Hall–Kier alpha value is -1.71. The first-order valence-corrected chi connectivity index (χ1v) is 4.40. The van der Waals surface area contributed by atoms with Gasteiger partial charge in [0.05, 0.1) is 7.11 Å². The van der Waals surface area contributed by atoms with Crippen molar-refractivity contribution in [2.24, 2.45) is 0 Å². The first-order valence-electron chi connectivity index (χ1n) is 4.40. The van der Waals surface area contributed by atoms with E-state index in [9.17, 15) is 14.0 Å². The van der Waals surface area contributed by atoms with E-state index in [4.69, 9.17) is 0 Å². The molecule has 3 nitrogen and oxygen atoms in total. The second kappa shape index (κ2) is 4.68. The Balaban J connectivity index is 3.04. The molecule has 1 atom stereocenters. The van der Waals surface area contributed by atoms with Crippen LogP contribution in [-0.2, 0) is 14.3 Å². The minimum absolute atomic E-state index is 0.326. The quantitative estimate of drug-likeness (QED) is 0.563. The maximum Gasteiger partial charge on any atom is 0.320 e. The van der Waals surface area contributed by atoms with Crippen molar-refractivity contribution in [1.29, 1.82) is 0 Å². The molecule has 0 radical (unpaired) electrons.